The summed E-state index contributed by atoms with van der Waals surface area (Å²) >= 11 is 0. The van der Waals surface area contributed by atoms with Crippen molar-refractivity contribution in [2.24, 2.45) is 0 Å². The van der Waals surface area contributed by atoms with Crippen LogP contribution in [0.1, 0.15) is 40.7 Å². The average Bonchev–Trinajstić information content (AvgIpc) is 3.51. The largest absolute Gasteiger partial charge is 0.480 e. The zero-order valence-electron chi connectivity index (χ0n) is 23.0. The van der Waals surface area contributed by atoms with Crippen molar-refractivity contribution in [3.8, 4) is 0 Å². The summed E-state index contributed by atoms with van der Waals surface area (Å²) in [5.41, 5.74) is 3.50. The van der Waals surface area contributed by atoms with Crippen LogP contribution in [0.2, 0.25) is 0 Å². The maximum absolute atomic E-state index is 13.1. The number of carbonyl (C=O) groups is 4. The number of para-hydroxylation sites is 1. The first-order chi connectivity index (χ1) is 20.4. The second-order valence-corrected chi connectivity index (χ2v) is 10.4. The normalized spacial score (nSPS) is 15.2. The summed E-state index contributed by atoms with van der Waals surface area (Å²) in [4.78, 5) is 56.9. The molecule has 1 aliphatic rings. The first-order valence-electron chi connectivity index (χ1n) is 14.0. The standard InChI is InChI=1S/C33H32N4O5/c38-30(17-14-22-7-2-1-3-8-22)37-20-6-11-29(37)32(40)36-28(33(41)42)21-23-12-15-24(16-13-23)35-31(39)26-18-19-34-27-10-5-4-9-25(26)27/h1-5,7-10,12-13,15-16,18-19,28-29H,6,11,14,17,20-21H2,(H,35,39)(H,36,40)(H,41,42)/t28-,29-/m0/s1. The number of likely N-dealkylation sites (tertiary alicyclic amines) is 1. The van der Waals surface area contributed by atoms with Crippen LogP contribution in [0.25, 0.3) is 10.9 Å². The van der Waals surface area contributed by atoms with Gasteiger partial charge in [0, 0.05) is 36.7 Å². The molecule has 2 atom stereocenters. The number of hydrogen-bond acceptors (Lipinski definition) is 5. The Kier molecular flexibility index (Phi) is 8.87. The molecule has 0 bridgehead atoms. The van der Waals surface area contributed by atoms with Crippen molar-refractivity contribution in [2.75, 3.05) is 11.9 Å². The number of aromatic nitrogens is 1. The fourth-order valence-corrected chi connectivity index (χ4v) is 5.30. The summed E-state index contributed by atoms with van der Waals surface area (Å²) in [5.74, 6) is -2.01. The summed E-state index contributed by atoms with van der Waals surface area (Å²) in [6.07, 6.45) is 3.70. The van der Waals surface area contributed by atoms with Crippen molar-refractivity contribution in [1.82, 2.24) is 15.2 Å². The van der Waals surface area contributed by atoms with E-state index in [1.54, 1.807) is 41.4 Å². The Morgan fingerprint density at radius 2 is 1.64 bits per heavy atom. The average molecular weight is 565 g/mol. The van der Waals surface area contributed by atoms with Gasteiger partial charge in [-0.1, -0.05) is 60.7 Å². The van der Waals surface area contributed by atoms with E-state index in [-0.39, 0.29) is 24.7 Å². The number of aliphatic carboxylic acids is 1. The Morgan fingerprint density at radius 1 is 0.905 bits per heavy atom. The zero-order valence-corrected chi connectivity index (χ0v) is 23.0. The van der Waals surface area contributed by atoms with Gasteiger partial charge in [0.05, 0.1) is 11.1 Å². The number of nitrogens with one attached hydrogen (secondary N) is 2. The lowest BCUT2D eigenvalue weighted by Crippen LogP contribution is -2.51. The molecule has 0 spiro atoms. The van der Waals surface area contributed by atoms with Gasteiger partial charge in [0.1, 0.15) is 12.1 Å². The SMILES string of the molecule is O=C(Nc1ccc(C[C@H](NC(=O)[C@@H]2CCCN2C(=O)CCc2ccccc2)C(=O)O)cc1)c1ccnc2ccccc12. The quantitative estimate of drug-likeness (QED) is 0.265. The van der Waals surface area contributed by atoms with Crippen molar-refractivity contribution in [3.63, 3.8) is 0 Å². The Balaban J connectivity index is 1.18. The Labute approximate surface area is 243 Å². The highest BCUT2D eigenvalue weighted by Gasteiger charge is 2.35. The Bertz CT molecular complexity index is 1580. The number of hydrogen-bond donors (Lipinski definition) is 3. The van der Waals surface area contributed by atoms with Gasteiger partial charge in [0.2, 0.25) is 11.8 Å². The van der Waals surface area contributed by atoms with Gasteiger partial charge in [-0.2, -0.15) is 0 Å². The van der Waals surface area contributed by atoms with Gasteiger partial charge in [-0.25, -0.2) is 4.79 Å². The van der Waals surface area contributed by atoms with Gasteiger partial charge in [-0.15, -0.1) is 0 Å². The van der Waals surface area contributed by atoms with Crippen molar-refractivity contribution in [3.05, 3.63) is 108 Å². The molecule has 0 unspecified atom stereocenters. The summed E-state index contributed by atoms with van der Waals surface area (Å²) in [7, 11) is 0. The summed E-state index contributed by atoms with van der Waals surface area (Å²) in [5, 5.41) is 16.1. The van der Waals surface area contributed by atoms with E-state index in [0.717, 1.165) is 16.5 Å². The minimum absolute atomic E-state index is 0.0545. The van der Waals surface area contributed by atoms with Gasteiger partial charge in [-0.3, -0.25) is 19.4 Å². The fourth-order valence-electron chi connectivity index (χ4n) is 5.30. The molecule has 3 aromatic carbocycles. The highest BCUT2D eigenvalue weighted by Crippen LogP contribution is 2.21. The molecule has 1 aliphatic heterocycles. The van der Waals surface area contributed by atoms with Crippen LogP contribution in [-0.4, -0.2) is 57.3 Å². The van der Waals surface area contributed by atoms with Crippen LogP contribution < -0.4 is 10.6 Å². The highest BCUT2D eigenvalue weighted by molar-refractivity contribution is 6.12. The number of nitrogens with zero attached hydrogens (tertiary/aromatic N) is 2. The van der Waals surface area contributed by atoms with Gasteiger partial charge in [0.25, 0.3) is 5.91 Å². The second kappa shape index (κ2) is 13.1. The number of carboxylic acid groups (broad SMARTS) is 1. The minimum Gasteiger partial charge on any atom is -0.480 e. The number of anilines is 1. The van der Waals surface area contributed by atoms with Crippen LogP contribution >= 0.6 is 0 Å². The van der Waals surface area contributed by atoms with E-state index < -0.39 is 24.0 Å². The molecular formula is C33H32N4O5. The van der Waals surface area contributed by atoms with E-state index in [1.165, 1.54) is 0 Å². The number of carboxylic acids is 1. The van der Waals surface area contributed by atoms with Crippen LogP contribution in [0.15, 0.2) is 91.1 Å². The molecule has 1 aromatic heterocycles. The van der Waals surface area contributed by atoms with E-state index >= 15 is 0 Å². The third kappa shape index (κ3) is 6.80. The molecule has 1 saturated heterocycles. The molecule has 4 aromatic rings. The molecule has 42 heavy (non-hydrogen) atoms. The fraction of sp³-hybridized carbons (Fsp3) is 0.242. The molecule has 2 heterocycles. The molecule has 214 valence electrons. The first kappa shape index (κ1) is 28.5. The topological polar surface area (TPSA) is 129 Å². The lowest BCUT2D eigenvalue weighted by atomic mass is 10.0. The van der Waals surface area contributed by atoms with Gasteiger partial charge < -0.3 is 20.6 Å². The Morgan fingerprint density at radius 3 is 2.40 bits per heavy atom. The van der Waals surface area contributed by atoms with Crippen LogP contribution in [0.4, 0.5) is 5.69 Å². The molecule has 3 N–H and O–H groups in total. The van der Waals surface area contributed by atoms with E-state index in [2.05, 4.69) is 15.6 Å². The lowest BCUT2D eigenvalue weighted by Gasteiger charge is -2.25. The molecule has 3 amide bonds. The molecule has 1 fully saturated rings. The smallest absolute Gasteiger partial charge is 0.326 e. The van der Waals surface area contributed by atoms with E-state index in [9.17, 15) is 24.3 Å². The molecule has 9 nitrogen and oxygen atoms in total. The summed E-state index contributed by atoms with van der Waals surface area (Å²) < 4.78 is 0. The van der Waals surface area contributed by atoms with Gasteiger partial charge in [0.15, 0.2) is 0 Å². The molecule has 0 saturated carbocycles. The highest BCUT2D eigenvalue weighted by atomic mass is 16.4. The number of carbonyl (C=O) groups excluding carboxylic acids is 3. The monoisotopic (exact) mass is 564 g/mol. The number of rotatable bonds is 10. The Hall–Kier alpha value is -5.05. The van der Waals surface area contributed by atoms with E-state index in [1.807, 2.05) is 54.6 Å². The van der Waals surface area contributed by atoms with E-state index in [4.69, 9.17) is 0 Å². The summed E-state index contributed by atoms with van der Waals surface area (Å²) in [6.45, 7) is 0.478. The second-order valence-electron chi connectivity index (χ2n) is 10.4. The number of aryl methyl sites for hydroxylation is 1. The van der Waals surface area contributed by atoms with Crippen molar-refractivity contribution >= 4 is 40.3 Å². The van der Waals surface area contributed by atoms with Crippen LogP contribution in [0.3, 0.4) is 0 Å². The molecule has 5 rings (SSSR count). The molecule has 9 heteroatoms. The van der Waals surface area contributed by atoms with Gasteiger partial charge in [-0.05, 0) is 54.7 Å². The summed E-state index contributed by atoms with van der Waals surface area (Å²) in [6, 6.07) is 23.7. The number of fused-ring (bicyclic) bond motifs is 1. The lowest BCUT2D eigenvalue weighted by molar-refractivity contribution is -0.143. The van der Waals surface area contributed by atoms with Crippen LogP contribution in [0, 0.1) is 0 Å². The van der Waals surface area contributed by atoms with Crippen molar-refractivity contribution < 1.29 is 24.3 Å². The molecule has 0 radical (unpaired) electrons. The zero-order chi connectivity index (χ0) is 29.5. The molecular weight excluding hydrogens is 532 g/mol. The van der Waals surface area contributed by atoms with E-state index in [0.29, 0.717) is 42.6 Å². The number of pyridine rings is 1. The minimum atomic E-state index is -1.16. The maximum Gasteiger partial charge on any atom is 0.326 e. The van der Waals surface area contributed by atoms with Crippen LogP contribution in [0.5, 0.6) is 0 Å². The molecule has 0 aliphatic carbocycles. The predicted molar refractivity (Wildman–Crippen MR) is 159 cm³/mol. The predicted octanol–water partition coefficient (Wildman–Crippen LogP) is 4.22. The van der Waals surface area contributed by atoms with Crippen LogP contribution in [-0.2, 0) is 27.2 Å². The third-order valence-electron chi connectivity index (χ3n) is 7.51. The first-order valence-corrected chi connectivity index (χ1v) is 14.0. The number of amides is 3. The third-order valence-corrected chi connectivity index (χ3v) is 7.51. The van der Waals surface area contributed by atoms with Crippen molar-refractivity contribution in [1.29, 1.82) is 0 Å². The van der Waals surface area contributed by atoms with Gasteiger partial charge >= 0.3 is 5.97 Å². The maximum atomic E-state index is 13.1. The van der Waals surface area contributed by atoms with Crippen molar-refractivity contribution in [2.45, 2.75) is 44.2 Å². The number of benzene rings is 3.